The first kappa shape index (κ1) is 15.8. The first-order valence-electron chi connectivity index (χ1n) is 7.35. The van der Waals surface area contributed by atoms with Crippen molar-refractivity contribution in [3.8, 4) is 0 Å². The molecule has 1 fully saturated rings. The summed E-state index contributed by atoms with van der Waals surface area (Å²) in [5.41, 5.74) is 0.349. The maximum absolute atomic E-state index is 12.0. The highest BCUT2D eigenvalue weighted by Crippen LogP contribution is 2.35. The quantitative estimate of drug-likeness (QED) is 0.930. The molecule has 0 bridgehead atoms. The van der Waals surface area contributed by atoms with Crippen LogP contribution in [0, 0.1) is 0 Å². The van der Waals surface area contributed by atoms with Crippen molar-refractivity contribution in [1.29, 1.82) is 0 Å². The summed E-state index contributed by atoms with van der Waals surface area (Å²) in [6.45, 7) is 7.32. The minimum atomic E-state index is -0.501. The standard InChI is InChI=1S/C15H25N3O3/c1-10(19)11-8-16-18(9-11)13-6-12(7-13)17(5)14(20)21-15(2,3)4/h8-10,12-13,19H,6-7H2,1-5H3. The maximum Gasteiger partial charge on any atom is 0.410 e. The lowest BCUT2D eigenvalue weighted by atomic mass is 9.86. The van der Waals surface area contributed by atoms with E-state index in [-0.39, 0.29) is 18.2 Å². The Kier molecular flexibility index (Phi) is 4.27. The fourth-order valence-electron chi connectivity index (χ4n) is 2.34. The van der Waals surface area contributed by atoms with Crippen molar-refractivity contribution in [3.05, 3.63) is 18.0 Å². The van der Waals surface area contributed by atoms with E-state index < -0.39 is 11.7 Å². The first-order chi connectivity index (χ1) is 9.67. The van der Waals surface area contributed by atoms with Gasteiger partial charge in [0.15, 0.2) is 0 Å². The fourth-order valence-corrected chi connectivity index (χ4v) is 2.34. The van der Waals surface area contributed by atoms with E-state index in [0.717, 1.165) is 18.4 Å². The van der Waals surface area contributed by atoms with Crippen LogP contribution in [0.1, 0.15) is 58.2 Å². The number of aromatic nitrogens is 2. The zero-order valence-electron chi connectivity index (χ0n) is 13.4. The highest BCUT2D eigenvalue weighted by atomic mass is 16.6. The summed E-state index contributed by atoms with van der Waals surface area (Å²) in [5.74, 6) is 0. The van der Waals surface area contributed by atoms with E-state index in [1.165, 1.54) is 0 Å². The third kappa shape index (κ3) is 3.75. The van der Waals surface area contributed by atoms with Crippen LogP contribution in [0.5, 0.6) is 0 Å². The second-order valence-electron chi connectivity index (χ2n) is 6.80. The highest BCUT2D eigenvalue weighted by Gasteiger charge is 2.37. The van der Waals surface area contributed by atoms with Crippen LogP contribution >= 0.6 is 0 Å². The molecule has 1 aliphatic rings. The predicted molar refractivity (Wildman–Crippen MR) is 78.9 cm³/mol. The van der Waals surface area contributed by atoms with Crippen molar-refractivity contribution in [1.82, 2.24) is 14.7 Å². The van der Waals surface area contributed by atoms with Crippen LogP contribution in [0.3, 0.4) is 0 Å². The van der Waals surface area contributed by atoms with Crippen molar-refractivity contribution in [2.24, 2.45) is 0 Å². The topological polar surface area (TPSA) is 67.6 Å². The Bertz CT molecular complexity index is 499. The minimum absolute atomic E-state index is 0.184. The Morgan fingerprint density at radius 1 is 1.52 bits per heavy atom. The molecule has 1 aromatic rings. The molecule has 1 unspecified atom stereocenters. The molecule has 1 heterocycles. The lowest BCUT2D eigenvalue weighted by Crippen LogP contribution is -2.47. The summed E-state index contributed by atoms with van der Waals surface area (Å²) in [7, 11) is 1.78. The molecular weight excluding hydrogens is 270 g/mol. The number of nitrogens with zero attached hydrogens (tertiary/aromatic N) is 3. The van der Waals surface area contributed by atoms with Gasteiger partial charge in [-0.05, 0) is 40.5 Å². The van der Waals surface area contributed by atoms with E-state index in [1.807, 2.05) is 31.6 Å². The summed E-state index contributed by atoms with van der Waals surface area (Å²) in [5, 5.41) is 13.8. The van der Waals surface area contributed by atoms with E-state index in [4.69, 9.17) is 4.74 Å². The number of hydrogen-bond donors (Lipinski definition) is 1. The van der Waals surface area contributed by atoms with Crippen molar-refractivity contribution in [2.75, 3.05) is 7.05 Å². The first-order valence-corrected chi connectivity index (χ1v) is 7.35. The number of amides is 1. The zero-order chi connectivity index (χ0) is 15.8. The Morgan fingerprint density at radius 3 is 2.62 bits per heavy atom. The van der Waals surface area contributed by atoms with Crippen LogP contribution in [0.2, 0.25) is 0 Å². The Morgan fingerprint density at radius 2 is 2.14 bits per heavy atom. The largest absolute Gasteiger partial charge is 0.444 e. The molecule has 1 amide bonds. The molecule has 1 aromatic heterocycles. The molecule has 118 valence electrons. The van der Waals surface area contributed by atoms with E-state index >= 15 is 0 Å². The number of rotatable bonds is 3. The average Bonchev–Trinajstić information content (AvgIpc) is 2.73. The molecule has 0 aliphatic heterocycles. The fraction of sp³-hybridized carbons (Fsp3) is 0.733. The highest BCUT2D eigenvalue weighted by molar-refractivity contribution is 5.68. The molecule has 0 radical (unpaired) electrons. The van der Waals surface area contributed by atoms with Crippen molar-refractivity contribution in [2.45, 2.75) is 64.3 Å². The van der Waals surface area contributed by atoms with Gasteiger partial charge in [0.2, 0.25) is 0 Å². The van der Waals surface area contributed by atoms with Gasteiger partial charge in [-0.25, -0.2) is 4.79 Å². The Hall–Kier alpha value is -1.56. The van der Waals surface area contributed by atoms with E-state index in [9.17, 15) is 9.90 Å². The van der Waals surface area contributed by atoms with Crippen LogP contribution in [0.25, 0.3) is 0 Å². The third-order valence-corrected chi connectivity index (χ3v) is 3.80. The molecule has 1 N–H and O–H groups in total. The number of aliphatic hydroxyl groups excluding tert-OH is 1. The van der Waals surface area contributed by atoms with Gasteiger partial charge in [-0.2, -0.15) is 5.10 Å². The van der Waals surface area contributed by atoms with Crippen LogP contribution in [-0.2, 0) is 4.74 Å². The molecule has 2 rings (SSSR count). The van der Waals surface area contributed by atoms with Crippen LogP contribution in [-0.4, -0.2) is 44.6 Å². The molecule has 0 spiro atoms. The molecule has 1 aliphatic carbocycles. The predicted octanol–water partition coefficient (Wildman–Crippen LogP) is 2.51. The number of aliphatic hydroxyl groups is 1. The van der Waals surface area contributed by atoms with Gasteiger partial charge in [0.1, 0.15) is 5.60 Å². The molecule has 1 saturated carbocycles. The molecule has 6 heteroatoms. The monoisotopic (exact) mass is 295 g/mol. The third-order valence-electron chi connectivity index (χ3n) is 3.80. The zero-order valence-corrected chi connectivity index (χ0v) is 13.4. The van der Waals surface area contributed by atoms with Crippen LogP contribution in [0.4, 0.5) is 4.79 Å². The van der Waals surface area contributed by atoms with Gasteiger partial charge in [0.25, 0.3) is 0 Å². The second-order valence-corrected chi connectivity index (χ2v) is 6.80. The van der Waals surface area contributed by atoms with Gasteiger partial charge in [-0.3, -0.25) is 4.68 Å². The van der Waals surface area contributed by atoms with Gasteiger partial charge in [0, 0.05) is 24.8 Å². The molecular formula is C15H25N3O3. The summed E-state index contributed by atoms with van der Waals surface area (Å²) < 4.78 is 7.24. The number of hydrogen-bond acceptors (Lipinski definition) is 4. The van der Waals surface area contributed by atoms with Gasteiger partial charge in [-0.15, -0.1) is 0 Å². The molecule has 21 heavy (non-hydrogen) atoms. The number of carbonyl (C=O) groups excluding carboxylic acids is 1. The summed E-state index contributed by atoms with van der Waals surface area (Å²) in [6.07, 6.45) is 4.50. The van der Waals surface area contributed by atoms with Crippen molar-refractivity contribution >= 4 is 6.09 Å². The molecule has 0 saturated heterocycles. The molecule has 6 nitrogen and oxygen atoms in total. The lowest BCUT2D eigenvalue weighted by molar-refractivity contribution is 0.00686. The Labute approximate surface area is 125 Å². The van der Waals surface area contributed by atoms with E-state index in [2.05, 4.69) is 5.10 Å². The lowest BCUT2D eigenvalue weighted by Gasteiger charge is -2.41. The number of carbonyl (C=O) groups is 1. The van der Waals surface area contributed by atoms with Gasteiger partial charge in [0.05, 0.1) is 18.3 Å². The Balaban J connectivity index is 1.86. The normalized spacial score (nSPS) is 23.3. The van der Waals surface area contributed by atoms with E-state index in [0.29, 0.717) is 0 Å². The molecule has 0 aromatic carbocycles. The maximum atomic E-state index is 12.0. The van der Waals surface area contributed by atoms with Gasteiger partial charge in [-0.1, -0.05) is 0 Å². The van der Waals surface area contributed by atoms with Crippen LogP contribution in [0.15, 0.2) is 12.4 Å². The van der Waals surface area contributed by atoms with E-state index in [1.54, 1.807) is 25.1 Å². The summed E-state index contributed by atoms with van der Waals surface area (Å²) in [4.78, 5) is 13.6. The van der Waals surface area contributed by atoms with Crippen molar-refractivity contribution < 1.29 is 14.6 Å². The number of ether oxygens (including phenoxy) is 1. The van der Waals surface area contributed by atoms with Gasteiger partial charge >= 0.3 is 6.09 Å². The SMILES string of the molecule is CC(O)c1cnn(C2CC(N(C)C(=O)OC(C)(C)C)C2)c1. The average molecular weight is 295 g/mol. The minimum Gasteiger partial charge on any atom is -0.444 e. The second kappa shape index (κ2) is 5.67. The van der Waals surface area contributed by atoms with Crippen molar-refractivity contribution in [3.63, 3.8) is 0 Å². The van der Waals surface area contributed by atoms with Crippen LogP contribution < -0.4 is 0 Å². The smallest absolute Gasteiger partial charge is 0.410 e. The van der Waals surface area contributed by atoms with Gasteiger partial charge < -0.3 is 14.7 Å². The molecule has 1 atom stereocenters. The summed E-state index contributed by atoms with van der Waals surface area (Å²) in [6, 6.07) is 0.469. The summed E-state index contributed by atoms with van der Waals surface area (Å²) >= 11 is 0.